The molecule has 38 heavy (non-hydrogen) atoms. The van der Waals surface area contributed by atoms with Crippen LogP contribution in [0.3, 0.4) is 0 Å². The molecule has 7 heteroatoms. The molecule has 0 amide bonds. The number of carboxylic acids is 1. The summed E-state index contributed by atoms with van der Waals surface area (Å²) in [5.74, 6) is 0.305. The van der Waals surface area contributed by atoms with E-state index in [9.17, 15) is 14.7 Å². The SMILES string of the molecule is COCCCOc1cc2c(cc1-c1c(C)oc3ccccc13)-c1cc(=O)c(C(=O)O)cn1C(C(C)(C)C)C2. The van der Waals surface area contributed by atoms with E-state index < -0.39 is 11.4 Å². The lowest BCUT2D eigenvalue weighted by molar-refractivity contribution is 0.0693. The number of aromatic nitrogens is 1. The summed E-state index contributed by atoms with van der Waals surface area (Å²) < 4.78 is 19.6. The van der Waals surface area contributed by atoms with E-state index in [1.54, 1.807) is 7.11 Å². The minimum Gasteiger partial charge on any atom is -0.493 e. The Hall–Kier alpha value is -3.84. The van der Waals surface area contributed by atoms with Crippen LogP contribution in [-0.2, 0) is 11.2 Å². The van der Waals surface area contributed by atoms with Gasteiger partial charge in [0.15, 0.2) is 5.43 Å². The molecule has 0 bridgehead atoms. The first-order valence-electron chi connectivity index (χ1n) is 12.9. The second-order valence-corrected chi connectivity index (χ2v) is 11.0. The van der Waals surface area contributed by atoms with E-state index in [-0.39, 0.29) is 17.0 Å². The number of fused-ring (bicyclic) bond motifs is 4. The normalized spacial score (nSPS) is 14.8. The van der Waals surface area contributed by atoms with Crippen LogP contribution in [0.4, 0.5) is 0 Å². The molecular weight excluding hydrogens is 482 g/mol. The monoisotopic (exact) mass is 515 g/mol. The number of rotatable bonds is 7. The van der Waals surface area contributed by atoms with Gasteiger partial charge in [-0.3, -0.25) is 4.79 Å². The number of carbonyl (C=O) groups is 1. The molecule has 2 aromatic heterocycles. The van der Waals surface area contributed by atoms with Crippen molar-refractivity contribution in [3.05, 3.63) is 75.8 Å². The molecule has 2 aromatic carbocycles. The van der Waals surface area contributed by atoms with Crippen molar-refractivity contribution < 1.29 is 23.8 Å². The number of nitrogens with zero attached hydrogens (tertiary/aromatic N) is 1. The third-order valence-electron chi connectivity index (χ3n) is 7.33. The van der Waals surface area contributed by atoms with E-state index in [2.05, 4.69) is 32.9 Å². The Bertz CT molecular complexity index is 1590. The second kappa shape index (κ2) is 9.80. The number of ether oxygens (including phenoxy) is 2. The lowest BCUT2D eigenvalue weighted by Gasteiger charge is -2.39. The van der Waals surface area contributed by atoms with Crippen molar-refractivity contribution in [2.45, 2.75) is 46.6 Å². The fraction of sp³-hybridized carbons (Fsp3) is 0.355. The molecule has 5 rings (SSSR count). The fourth-order valence-corrected chi connectivity index (χ4v) is 5.45. The van der Waals surface area contributed by atoms with E-state index >= 15 is 0 Å². The van der Waals surface area contributed by atoms with Crippen molar-refractivity contribution in [3.63, 3.8) is 0 Å². The van der Waals surface area contributed by atoms with Crippen molar-refractivity contribution in [1.29, 1.82) is 0 Å². The van der Waals surface area contributed by atoms with Crippen LogP contribution >= 0.6 is 0 Å². The number of para-hydroxylation sites is 1. The topological polar surface area (TPSA) is 90.9 Å². The summed E-state index contributed by atoms with van der Waals surface area (Å²) in [6.45, 7) is 9.42. The van der Waals surface area contributed by atoms with Crippen LogP contribution < -0.4 is 10.2 Å². The Morgan fingerprint density at radius 1 is 1.13 bits per heavy atom. The van der Waals surface area contributed by atoms with Gasteiger partial charge >= 0.3 is 5.97 Å². The number of aromatic carboxylic acids is 1. The molecule has 198 valence electrons. The summed E-state index contributed by atoms with van der Waals surface area (Å²) in [4.78, 5) is 24.7. The quantitative estimate of drug-likeness (QED) is 0.283. The summed E-state index contributed by atoms with van der Waals surface area (Å²) >= 11 is 0. The third-order valence-corrected chi connectivity index (χ3v) is 7.33. The number of methoxy groups -OCH3 is 1. The number of benzene rings is 2. The average Bonchev–Trinajstić information content (AvgIpc) is 3.20. The highest BCUT2D eigenvalue weighted by atomic mass is 16.5. The number of furan rings is 1. The summed E-state index contributed by atoms with van der Waals surface area (Å²) in [5.41, 5.74) is 4.35. The van der Waals surface area contributed by atoms with Gasteiger partial charge in [0.2, 0.25) is 0 Å². The minimum atomic E-state index is -1.22. The van der Waals surface area contributed by atoms with E-state index in [1.807, 2.05) is 35.8 Å². The van der Waals surface area contributed by atoms with Crippen molar-refractivity contribution in [1.82, 2.24) is 4.57 Å². The molecule has 3 heterocycles. The molecule has 7 nitrogen and oxygen atoms in total. The highest BCUT2D eigenvalue weighted by Crippen LogP contribution is 2.47. The van der Waals surface area contributed by atoms with Crippen LogP contribution in [0.2, 0.25) is 0 Å². The predicted molar refractivity (Wildman–Crippen MR) is 147 cm³/mol. The van der Waals surface area contributed by atoms with Crippen molar-refractivity contribution in [3.8, 4) is 28.1 Å². The van der Waals surface area contributed by atoms with Gasteiger partial charge in [0.25, 0.3) is 0 Å². The second-order valence-electron chi connectivity index (χ2n) is 11.0. The molecule has 1 aliphatic rings. The predicted octanol–water partition coefficient (Wildman–Crippen LogP) is 6.49. The summed E-state index contributed by atoms with van der Waals surface area (Å²) in [7, 11) is 1.67. The van der Waals surface area contributed by atoms with E-state index in [4.69, 9.17) is 13.9 Å². The van der Waals surface area contributed by atoms with Gasteiger partial charge in [0, 0.05) is 60.5 Å². The average molecular weight is 516 g/mol. The fourth-order valence-electron chi connectivity index (χ4n) is 5.45. The first-order valence-corrected chi connectivity index (χ1v) is 12.9. The molecule has 0 fully saturated rings. The molecule has 1 N–H and O–H groups in total. The molecule has 1 aliphatic heterocycles. The molecule has 0 aliphatic carbocycles. The first kappa shape index (κ1) is 25.8. The molecule has 4 aromatic rings. The highest BCUT2D eigenvalue weighted by molar-refractivity contribution is 5.98. The van der Waals surface area contributed by atoms with Crippen LogP contribution in [0.1, 0.15) is 54.9 Å². The van der Waals surface area contributed by atoms with Crippen LogP contribution in [0.5, 0.6) is 5.75 Å². The van der Waals surface area contributed by atoms with E-state index in [0.717, 1.165) is 51.2 Å². The summed E-state index contributed by atoms with van der Waals surface area (Å²) in [6.07, 6.45) is 2.93. The Labute approximate surface area is 221 Å². The Morgan fingerprint density at radius 3 is 2.61 bits per heavy atom. The summed E-state index contributed by atoms with van der Waals surface area (Å²) in [6, 6.07) is 13.5. The van der Waals surface area contributed by atoms with Gasteiger partial charge in [0.1, 0.15) is 22.7 Å². The lowest BCUT2D eigenvalue weighted by Crippen LogP contribution is -2.32. The largest absolute Gasteiger partial charge is 0.493 e. The van der Waals surface area contributed by atoms with Gasteiger partial charge in [0.05, 0.1) is 12.3 Å². The Balaban J connectivity index is 1.76. The van der Waals surface area contributed by atoms with Gasteiger partial charge in [-0.2, -0.15) is 0 Å². The number of hydrogen-bond acceptors (Lipinski definition) is 5. The number of aryl methyl sites for hydroxylation is 1. The minimum absolute atomic E-state index is 0.0487. The Kier molecular flexibility index (Phi) is 6.65. The maximum Gasteiger partial charge on any atom is 0.341 e. The van der Waals surface area contributed by atoms with Crippen molar-refractivity contribution >= 4 is 16.9 Å². The number of pyridine rings is 1. The van der Waals surface area contributed by atoms with Crippen LogP contribution in [0.25, 0.3) is 33.4 Å². The summed E-state index contributed by atoms with van der Waals surface area (Å²) in [5, 5.41) is 10.6. The third kappa shape index (κ3) is 4.52. The maximum atomic E-state index is 12.9. The highest BCUT2D eigenvalue weighted by Gasteiger charge is 2.34. The molecule has 0 spiro atoms. The number of hydrogen-bond donors (Lipinski definition) is 1. The smallest absolute Gasteiger partial charge is 0.341 e. The number of carboxylic acid groups (broad SMARTS) is 1. The zero-order chi connectivity index (χ0) is 27.2. The maximum absolute atomic E-state index is 12.9. The molecule has 1 atom stereocenters. The van der Waals surface area contributed by atoms with Gasteiger partial charge < -0.3 is 23.6 Å². The molecule has 0 radical (unpaired) electrons. The van der Waals surface area contributed by atoms with Crippen molar-refractivity contribution in [2.24, 2.45) is 5.41 Å². The van der Waals surface area contributed by atoms with Crippen LogP contribution in [-0.4, -0.2) is 36.0 Å². The molecule has 0 saturated heterocycles. The van der Waals surface area contributed by atoms with Gasteiger partial charge in [-0.25, -0.2) is 4.79 Å². The van der Waals surface area contributed by atoms with Gasteiger partial charge in [-0.1, -0.05) is 39.0 Å². The lowest BCUT2D eigenvalue weighted by atomic mass is 9.78. The van der Waals surface area contributed by atoms with Crippen LogP contribution in [0, 0.1) is 12.3 Å². The zero-order valence-corrected chi connectivity index (χ0v) is 22.5. The van der Waals surface area contributed by atoms with E-state index in [1.165, 1.54) is 12.3 Å². The van der Waals surface area contributed by atoms with Gasteiger partial charge in [-0.05, 0) is 42.5 Å². The standard InChI is InChI=1S/C31H33NO6/c1-18-29(20-9-6-7-10-26(20)38-18)22-15-21-19(13-27(22)37-12-8-11-36-5)14-28(31(2,3)4)32-17-23(30(34)35)25(33)16-24(21)32/h6-7,9-10,13,15-17,28H,8,11-12,14H2,1-5H3,(H,34,35). The molecule has 0 saturated carbocycles. The van der Waals surface area contributed by atoms with Crippen molar-refractivity contribution in [2.75, 3.05) is 20.3 Å². The van der Waals surface area contributed by atoms with Gasteiger partial charge in [-0.15, -0.1) is 0 Å². The van der Waals surface area contributed by atoms with Crippen LogP contribution in [0.15, 0.2) is 57.9 Å². The Morgan fingerprint density at radius 2 is 1.89 bits per heavy atom. The molecule has 1 unspecified atom stereocenters. The first-order chi connectivity index (χ1) is 18.1. The zero-order valence-electron chi connectivity index (χ0n) is 22.5. The molecular formula is C31H33NO6. The van der Waals surface area contributed by atoms with E-state index in [0.29, 0.717) is 25.3 Å².